The van der Waals surface area contributed by atoms with Gasteiger partial charge in [-0.2, -0.15) is 0 Å². The van der Waals surface area contributed by atoms with E-state index in [0.29, 0.717) is 19.0 Å². The Morgan fingerprint density at radius 2 is 2.03 bits per heavy atom. The van der Waals surface area contributed by atoms with Gasteiger partial charge in [0.25, 0.3) is 0 Å². The van der Waals surface area contributed by atoms with Crippen LogP contribution in [0.3, 0.4) is 0 Å². The highest BCUT2D eigenvalue weighted by atomic mass is 127. The van der Waals surface area contributed by atoms with Crippen LogP contribution in [0.25, 0.3) is 0 Å². The first kappa shape index (κ1) is 24.4. The summed E-state index contributed by atoms with van der Waals surface area (Å²) in [7, 11) is 0. The highest BCUT2D eigenvalue weighted by Gasteiger charge is 2.24. The molecule has 0 bridgehead atoms. The number of aromatic nitrogens is 2. The number of imidazole rings is 1. The summed E-state index contributed by atoms with van der Waals surface area (Å²) in [4.78, 5) is 9.90. The van der Waals surface area contributed by atoms with Gasteiger partial charge in [-0.05, 0) is 43.3 Å². The van der Waals surface area contributed by atoms with Crippen molar-refractivity contribution in [2.24, 2.45) is 4.99 Å². The van der Waals surface area contributed by atoms with E-state index in [1.807, 2.05) is 50.7 Å². The lowest BCUT2D eigenvalue weighted by atomic mass is 10.1. The molecule has 162 valence electrons. The van der Waals surface area contributed by atoms with Gasteiger partial charge in [0.15, 0.2) is 5.96 Å². The fourth-order valence-electron chi connectivity index (χ4n) is 3.03. The minimum atomic E-state index is -0.938. The van der Waals surface area contributed by atoms with Crippen molar-refractivity contribution in [2.45, 2.75) is 39.5 Å². The van der Waals surface area contributed by atoms with Crippen molar-refractivity contribution in [1.82, 2.24) is 20.2 Å². The predicted molar refractivity (Wildman–Crippen MR) is 135 cm³/mol. The summed E-state index contributed by atoms with van der Waals surface area (Å²) in [5.41, 5.74) is 1.42. The molecule has 3 aromatic rings. The van der Waals surface area contributed by atoms with Crippen molar-refractivity contribution >= 4 is 41.3 Å². The van der Waals surface area contributed by atoms with Gasteiger partial charge in [0.05, 0.1) is 13.1 Å². The lowest BCUT2D eigenvalue weighted by Gasteiger charge is -2.23. The summed E-state index contributed by atoms with van der Waals surface area (Å²) in [6, 6.07) is 12.3. The molecule has 30 heavy (non-hydrogen) atoms. The summed E-state index contributed by atoms with van der Waals surface area (Å²) in [5.74, 6) is 1.70. The van der Waals surface area contributed by atoms with E-state index >= 15 is 0 Å². The van der Waals surface area contributed by atoms with Crippen LogP contribution in [0.2, 0.25) is 0 Å². The van der Waals surface area contributed by atoms with Crippen LogP contribution in [0.1, 0.15) is 35.7 Å². The summed E-state index contributed by atoms with van der Waals surface area (Å²) in [6.07, 6.45) is 3.82. The Hall–Kier alpha value is -1.91. The van der Waals surface area contributed by atoms with E-state index < -0.39 is 5.60 Å². The first-order chi connectivity index (χ1) is 14.0. The quantitative estimate of drug-likeness (QED) is 0.231. The Balaban J connectivity index is 0.00000320. The minimum Gasteiger partial charge on any atom is -0.383 e. The molecule has 0 saturated carbocycles. The third-order valence-corrected chi connectivity index (χ3v) is 5.81. The average Bonchev–Trinajstić information content (AvgIpc) is 3.37. The Morgan fingerprint density at radius 1 is 1.23 bits per heavy atom. The van der Waals surface area contributed by atoms with Crippen molar-refractivity contribution in [3.63, 3.8) is 0 Å². The van der Waals surface area contributed by atoms with Gasteiger partial charge in [0, 0.05) is 30.4 Å². The monoisotopic (exact) mass is 539 g/mol. The number of hydrogen-bond donors (Lipinski definition) is 3. The van der Waals surface area contributed by atoms with E-state index in [-0.39, 0.29) is 24.0 Å². The molecule has 0 fully saturated rings. The molecule has 0 amide bonds. The Morgan fingerprint density at radius 3 is 2.70 bits per heavy atom. The van der Waals surface area contributed by atoms with Crippen LogP contribution in [-0.4, -0.2) is 33.7 Å². The molecule has 3 N–H and O–H groups in total. The highest BCUT2D eigenvalue weighted by Crippen LogP contribution is 2.24. The fourth-order valence-corrected chi connectivity index (χ4v) is 3.82. The van der Waals surface area contributed by atoms with Crippen LogP contribution in [-0.2, 0) is 18.7 Å². The molecule has 0 radical (unpaired) electrons. The van der Waals surface area contributed by atoms with E-state index in [1.54, 1.807) is 11.3 Å². The summed E-state index contributed by atoms with van der Waals surface area (Å²) >= 11 is 1.55. The number of nitrogens with one attached hydrogen (secondary N) is 2. The van der Waals surface area contributed by atoms with Gasteiger partial charge in [-0.3, -0.25) is 0 Å². The molecule has 0 spiro atoms. The van der Waals surface area contributed by atoms with Crippen molar-refractivity contribution in [3.05, 3.63) is 76.0 Å². The molecule has 1 atom stereocenters. The Kier molecular flexibility index (Phi) is 9.32. The number of hydrogen-bond acceptors (Lipinski definition) is 4. The predicted octanol–water partition coefficient (Wildman–Crippen LogP) is 3.88. The number of nitrogens with zero attached hydrogens (tertiary/aromatic N) is 3. The number of guanidine groups is 1. The maximum atomic E-state index is 10.7. The second-order valence-corrected chi connectivity index (χ2v) is 8.17. The molecule has 1 aromatic carbocycles. The molecular formula is C22H30IN5OS. The van der Waals surface area contributed by atoms with Gasteiger partial charge < -0.3 is 20.3 Å². The van der Waals surface area contributed by atoms with E-state index in [9.17, 15) is 5.11 Å². The lowest BCUT2D eigenvalue weighted by Crippen LogP contribution is -2.44. The molecule has 8 heteroatoms. The molecule has 0 aliphatic carbocycles. The highest BCUT2D eigenvalue weighted by molar-refractivity contribution is 14.0. The molecule has 0 aliphatic rings. The van der Waals surface area contributed by atoms with Crippen LogP contribution in [0.5, 0.6) is 0 Å². The molecular weight excluding hydrogens is 509 g/mol. The van der Waals surface area contributed by atoms with Gasteiger partial charge >= 0.3 is 0 Å². The zero-order valence-electron chi connectivity index (χ0n) is 17.6. The van der Waals surface area contributed by atoms with Crippen molar-refractivity contribution in [1.29, 1.82) is 0 Å². The number of thiophene rings is 1. The molecule has 3 rings (SSSR count). The number of halogens is 1. The molecule has 0 aliphatic heterocycles. The number of aryl methyl sites for hydroxylation is 1. The fraction of sp³-hybridized carbons (Fsp3) is 0.364. The standard InChI is InChI=1S/C22H29N5OS.HI/c1-4-23-21(26-16-22(3,28)20-9-6-12-29-20)25-14-18-7-5-8-19(13-18)15-27-11-10-24-17(27)2;/h5-13,28H,4,14-16H2,1-3H3,(H2,23,25,26);1H. The summed E-state index contributed by atoms with van der Waals surface area (Å²) < 4.78 is 2.13. The van der Waals surface area contributed by atoms with Gasteiger partial charge in [-0.1, -0.05) is 30.3 Å². The maximum Gasteiger partial charge on any atom is 0.191 e. The van der Waals surface area contributed by atoms with E-state index in [1.165, 1.54) is 5.56 Å². The van der Waals surface area contributed by atoms with E-state index in [4.69, 9.17) is 4.99 Å². The molecule has 6 nitrogen and oxygen atoms in total. The summed E-state index contributed by atoms with van der Waals surface area (Å²) in [6.45, 7) is 8.36. The van der Waals surface area contributed by atoms with Gasteiger partial charge in [-0.25, -0.2) is 9.98 Å². The minimum absolute atomic E-state index is 0. The van der Waals surface area contributed by atoms with Crippen molar-refractivity contribution in [3.8, 4) is 0 Å². The SMILES string of the molecule is CCNC(=NCc1cccc(Cn2ccnc2C)c1)NCC(C)(O)c1cccs1.I. The average molecular weight is 539 g/mol. The van der Waals surface area contributed by atoms with Gasteiger partial charge in [-0.15, -0.1) is 35.3 Å². The number of benzene rings is 1. The zero-order chi connectivity index (χ0) is 20.7. The van der Waals surface area contributed by atoms with Crippen LogP contribution >= 0.6 is 35.3 Å². The maximum absolute atomic E-state index is 10.7. The molecule has 2 heterocycles. The zero-order valence-corrected chi connectivity index (χ0v) is 20.8. The van der Waals surface area contributed by atoms with Crippen molar-refractivity contribution < 1.29 is 5.11 Å². The Bertz CT molecular complexity index is 937. The normalized spacial score (nSPS) is 13.4. The van der Waals surface area contributed by atoms with E-state index in [0.717, 1.165) is 29.4 Å². The first-order valence-corrected chi connectivity index (χ1v) is 10.7. The van der Waals surface area contributed by atoms with Crippen LogP contribution in [0.15, 0.2) is 59.2 Å². The van der Waals surface area contributed by atoms with Gasteiger partial charge in [0.1, 0.15) is 11.4 Å². The Labute approximate surface area is 199 Å². The second kappa shape index (κ2) is 11.5. The smallest absolute Gasteiger partial charge is 0.191 e. The lowest BCUT2D eigenvalue weighted by molar-refractivity contribution is 0.0655. The first-order valence-electron chi connectivity index (χ1n) is 9.82. The topological polar surface area (TPSA) is 74.5 Å². The van der Waals surface area contributed by atoms with E-state index in [2.05, 4.69) is 44.5 Å². The van der Waals surface area contributed by atoms with Crippen LogP contribution in [0.4, 0.5) is 0 Å². The van der Waals surface area contributed by atoms with Crippen LogP contribution in [0, 0.1) is 6.92 Å². The summed E-state index contributed by atoms with van der Waals surface area (Å²) in [5, 5.41) is 19.2. The number of aliphatic imine (C=N–C) groups is 1. The largest absolute Gasteiger partial charge is 0.383 e. The third kappa shape index (κ3) is 6.82. The molecule has 2 aromatic heterocycles. The van der Waals surface area contributed by atoms with Crippen molar-refractivity contribution in [2.75, 3.05) is 13.1 Å². The number of aliphatic hydroxyl groups is 1. The number of rotatable bonds is 8. The van der Waals surface area contributed by atoms with Crippen LogP contribution < -0.4 is 10.6 Å². The van der Waals surface area contributed by atoms with Gasteiger partial charge in [0.2, 0.25) is 0 Å². The molecule has 1 unspecified atom stereocenters. The molecule has 0 saturated heterocycles. The second-order valence-electron chi connectivity index (χ2n) is 7.22. The third-order valence-electron chi connectivity index (χ3n) is 4.68.